The maximum Gasteiger partial charge on any atom is 0.307 e. The fourth-order valence-corrected chi connectivity index (χ4v) is 3.15. The summed E-state index contributed by atoms with van der Waals surface area (Å²) in [7, 11) is 2.04. The van der Waals surface area contributed by atoms with Crippen molar-refractivity contribution in [1.29, 1.82) is 0 Å². The molecule has 2 heterocycles. The van der Waals surface area contributed by atoms with Crippen molar-refractivity contribution < 1.29 is 9.90 Å². The van der Waals surface area contributed by atoms with E-state index in [4.69, 9.17) is 10.1 Å². The van der Waals surface area contributed by atoms with Crippen molar-refractivity contribution in [3.63, 3.8) is 0 Å². The quantitative estimate of drug-likeness (QED) is 0.910. The van der Waals surface area contributed by atoms with Crippen LogP contribution in [0, 0.1) is 5.92 Å². The average molecular weight is 287 g/mol. The molecule has 2 unspecified atom stereocenters. The van der Waals surface area contributed by atoms with Crippen LogP contribution in [0.1, 0.15) is 43.6 Å². The van der Waals surface area contributed by atoms with Gasteiger partial charge in [0.05, 0.1) is 17.0 Å². The summed E-state index contributed by atoms with van der Waals surface area (Å²) in [5.41, 5.74) is 3.23. The smallest absolute Gasteiger partial charge is 0.307 e. The van der Waals surface area contributed by atoms with Crippen LogP contribution in [0.5, 0.6) is 0 Å². The van der Waals surface area contributed by atoms with Gasteiger partial charge in [-0.15, -0.1) is 0 Å². The number of hydrogen-bond donors (Lipinski definition) is 2. The van der Waals surface area contributed by atoms with Crippen molar-refractivity contribution in [3.8, 4) is 0 Å². The number of carbonyl (C=O) groups is 1. The summed E-state index contributed by atoms with van der Waals surface area (Å²) >= 11 is 0. The first kappa shape index (κ1) is 14.1. The molecule has 2 N–H and O–H groups in total. The van der Waals surface area contributed by atoms with E-state index in [0.29, 0.717) is 18.9 Å². The van der Waals surface area contributed by atoms with Gasteiger partial charge in [0.1, 0.15) is 5.82 Å². The fourth-order valence-electron chi connectivity index (χ4n) is 3.15. The largest absolute Gasteiger partial charge is 0.481 e. The Labute approximate surface area is 124 Å². The standard InChI is InChI=1S/C16H21N3O2/c1-9(2)15-18-13-6-10(4-5-14(13)19(15)3)12-7-11(8-17-12)16(20)21/h4-6,9,11-12,17H,7-8H2,1-3H3,(H,20,21). The van der Waals surface area contributed by atoms with Crippen LogP contribution in [0.2, 0.25) is 0 Å². The number of hydrogen-bond acceptors (Lipinski definition) is 3. The number of imidazole rings is 1. The number of fused-ring (bicyclic) bond motifs is 1. The van der Waals surface area contributed by atoms with Gasteiger partial charge in [-0.1, -0.05) is 19.9 Å². The molecule has 0 radical (unpaired) electrons. The minimum atomic E-state index is -0.717. The van der Waals surface area contributed by atoms with Gasteiger partial charge in [-0.2, -0.15) is 0 Å². The van der Waals surface area contributed by atoms with Gasteiger partial charge in [-0.05, 0) is 24.1 Å². The zero-order valence-corrected chi connectivity index (χ0v) is 12.6. The lowest BCUT2D eigenvalue weighted by molar-refractivity contribution is -0.141. The van der Waals surface area contributed by atoms with Gasteiger partial charge in [-0.3, -0.25) is 4.79 Å². The van der Waals surface area contributed by atoms with Crippen LogP contribution in [0.3, 0.4) is 0 Å². The van der Waals surface area contributed by atoms with Crippen LogP contribution in [-0.4, -0.2) is 27.2 Å². The summed E-state index contributed by atoms with van der Waals surface area (Å²) in [6.07, 6.45) is 0.644. The number of aliphatic carboxylic acids is 1. The molecule has 1 aromatic heterocycles. The van der Waals surface area contributed by atoms with Crippen LogP contribution < -0.4 is 5.32 Å². The minimum Gasteiger partial charge on any atom is -0.481 e. The number of benzene rings is 1. The van der Waals surface area contributed by atoms with Crippen molar-refractivity contribution in [3.05, 3.63) is 29.6 Å². The third-order valence-electron chi connectivity index (χ3n) is 4.34. The molecule has 0 bridgehead atoms. The van der Waals surface area contributed by atoms with E-state index in [1.165, 1.54) is 0 Å². The van der Waals surface area contributed by atoms with Gasteiger partial charge in [0, 0.05) is 25.6 Å². The van der Waals surface area contributed by atoms with Gasteiger partial charge in [0.2, 0.25) is 0 Å². The van der Waals surface area contributed by atoms with Crippen molar-refractivity contribution in [1.82, 2.24) is 14.9 Å². The van der Waals surface area contributed by atoms with E-state index in [2.05, 4.69) is 41.9 Å². The Bertz CT molecular complexity index is 690. The Balaban J connectivity index is 1.93. The average Bonchev–Trinajstić information content (AvgIpc) is 3.04. The van der Waals surface area contributed by atoms with Crippen molar-refractivity contribution >= 4 is 17.0 Å². The van der Waals surface area contributed by atoms with Crippen LogP contribution in [0.4, 0.5) is 0 Å². The molecule has 112 valence electrons. The van der Waals surface area contributed by atoms with Crippen molar-refractivity contribution in [2.45, 2.75) is 32.2 Å². The molecule has 5 heteroatoms. The Morgan fingerprint density at radius 2 is 2.24 bits per heavy atom. The number of carboxylic acids is 1. The van der Waals surface area contributed by atoms with Crippen LogP contribution >= 0.6 is 0 Å². The summed E-state index contributed by atoms with van der Waals surface area (Å²) in [5, 5.41) is 12.4. The summed E-state index contributed by atoms with van der Waals surface area (Å²) in [5.74, 6) is 0.448. The molecule has 0 aliphatic carbocycles. The Morgan fingerprint density at radius 3 is 2.86 bits per heavy atom. The molecule has 1 aromatic carbocycles. The number of aromatic nitrogens is 2. The molecule has 5 nitrogen and oxygen atoms in total. The van der Waals surface area contributed by atoms with E-state index in [-0.39, 0.29) is 12.0 Å². The molecule has 0 amide bonds. The minimum absolute atomic E-state index is 0.111. The lowest BCUT2D eigenvalue weighted by Crippen LogP contribution is -2.17. The highest BCUT2D eigenvalue weighted by Crippen LogP contribution is 2.30. The highest BCUT2D eigenvalue weighted by Gasteiger charge is 2.30. The predicted molar refractivity (Wildman–Crippen MR) is 81.3 cm³/mol. The fraction of sp³-hybridized carbons (Fsp3) is 0.500. The molecule has 2 atom stereocenters. The number of carboxylic acid groups (broad SMARTS) is 1. The second-order valence-corrected chi connectivity index (χ2v) is 6.16. The summed E-state index contributed by atoms with van der Waals surface area (Å²) in [6, 6.07) is 6.36. The molecule has 2 aromatic rings. The molecule has 21 heavy (non-hydrogen) atoms. The lowest BCUT2D eigenvalue weighted by Gasteiger charge is -2.10. The first-order chi connectivity index (χ1) is 9.97. The van der Waals surface area contributed by atoms with E-state index in [9.17, 15) is 4.79 Å². The molecule has 1 fully saturated rings. The van der Waals surface area contributed by atoms with Gasteiger partial charge in [0.25, 0.3) is 0 Å². The number of nitrogens with one attached hydrogen (secondary N) is 1. The lowest BCUT2D eigenvalue weighted by atomic mass is 10.00. The van der Waals surface area contributed by atoms with Gasteiger partial charge in [-0.25, -0.2) is 4.98 Å². The zero-order valence-electron chi connectivity index (χ0n) is 12.6. The monoisotopic (exact) mass is 287 g/mol. The topological polar surface area (TPSA) is 67.2 Å². The SMILES string of the molecule is CC(C)c1nc2cc(C3CC(C(=O)O)CN3)ccc2n1C. The van der Waals surface area contributed by atoms with Crippen LogP contribution in [0.25, 0.3) is 11.0 Å². The Kier molecular flexibility index (Phi) is 3.45. The normalized spacial score (nSPS) is 22.3. The van der Waals surface area contributed by atoms with Crippen molar-refractivity contribution in [2.24, 2.45) is 13.0 Å². The highest BCUT2D eigenvalue weighted by atomic mass is 16.4. The van der Waals surface area contributed by atoms with E-state index in [1.807, 2.05) is 7.05 Å². The second-order valence-electron chi connectivity index (χ2n) is 6.16. The number of rotatable bonds is 3. The maximum atomic E-state index is 11.1. The highest BCUT2D eigenvalue weighted by molar-refractivity contribution is 5.77. The van der Waals surface area contributed by atoms with Crippen LogP contribution in [0.15, 0.2) is 18.2 Å². The maximum absolute atomic E-state index is 11.1. The molecule has 0 saturated carbocycles. The van der Waals surface area contributed by atoms with Gasteiger partial charge in [0.15, 0.2) is 0 Å². The van der Waals surface area contributed by atoms with Crippen molar-refractivity contribution in [2.75, 3.05) is 6.54 Å². The summed E-state index contributed by atoms with van der Waals surface area (Å²) in [4.78, 5) is 15.8. The second kappa shape index (κ2) is 5.15. The zero-order chi connectivity index (χ0) is 15.1. The van der Waals surface area contributed by atoms with E-state index in [0.717, 1.165) is 22.4 Å². The Morgan fingerprint density at radius 1 is 1.48 bits per heavy atom. The van der Waals surface area contributed by atoms with Gasteiger partial charge < -0.3 is 15.0 Å². The Hall–Kier alpha value is -1.88. The van der Waals surface area contributed by atoms with E-state index < -0.39 is 5.97 Å². The summed E-state index contributed by atoms with van der Waals surface area (Å²) in [6.45, 7) is 4.81. The molecule has 0 spiro atoms. The number of aryl methyl sites for hydroxylation is 1. The molecule has 1 saturated heterocycles. The molecule has 3 rings (SSSR count). The molecular weight excluding hydrogens is 266 g/mol. The van der Waals surface area contributed by atoms with Crippen LogP contribution in [-0.2, 0) is 11.8 Å². The molecule has 1 aliphatic heterocycles. The number of nitrogens with zero attached hydrogens (tertiary/aromatic N) is 2. The van der Waals surface area contributed by atoms with E-state index in [1.54, 1.807) is 0 Å². The molecule has 1 aliphatic rings. The van der Waals surface area contributed by atoms with E-state index >= 15 is 0 Å². The first-order valence-corrected chi connectivity index (χ1v) is 7.40. The third-order valence-corrected chi connectivity index (χ3v) is 4.34. The first-order valence-electron chi connectivity index (χ1n) is 7.40. The van der Waals surface area contributed by atoms with Gasteiger partial charge >= 0.3 is 5.97 Å². The summed E-state index contributed by atoms with van der Waals surface area (Å²) < 4.78 is 2.13. The third kappa shape index (κ3) is 2.42. The molecular formula is C16H21N3O2. The predicted octanol–water partition coefficient (Wildman–Crippen LogP) is 2.43.